The third-order valence-corrected chi connectivity index (χ3v) is 2.54. The van der Waals surface area contributed by atoms with Gasteiger partial charge in [-0.05, 0) is 19.9 Å². The van der Waals surface area contributed by atoms with E-state index >= 15 is 0 Å². The number of nitrogens with zero attached hydrogens (tertiary/aromatic N) is 2. The quantitative estimate of drug-likeness (QED) is 0.812. The maximum atomic E-state index is 13.8. The second-order valence-electron chi connectivity index (χ2n) is 3.88. The monoisotopic (exact) mass is 235 g/mol. The zero-order chi connectivity index (χ0) is 12.6. The predicted octanol–water partition coefficient (Wildman–Crippen LogP) is 2.22. The van der Waals surface area contributed by atoms with Gasteiger partial charge in [-0.2, -0.15) is 5.10 Å². The van der Waals surface area contributed by atoms with Crippen molar-refractivity contribution in [1.29, 1.82) is 0 Å². The van der Waals surface area contributed by atoms with Gasteiger partial charge in [0, 0.05) is 17.8 Å². The second kappa shape index (κ2) is 4.08. The Bertz CT molecular complexity index is 563. The Balaban J connectivity index is 2.63. The zero-order valence-electron chi connectivity index (χ0n) is 9.99. The van der Waals surface area contributed by atoms with Crippen molar-refractivity contribution < 1.29 is 9.13 Å². The van der Waals surface area contributed by atoms with Gasteiger partial charge in [-0.1, -0.05) is 0 Å². The molecule has 0 fully saturated rings. The minimum atomic E-state index is -0.422. The van der Waals surface area contributed by atoms with Crippen molar-refractivity contribution in [3.05, 3.63) is 35.4 Å². The first-order chi connectivity index (χ1) is 8.02. The van der Waals surface area contributed by atoms with Crippen LogP contribution in [0, 0.1) is 19.7 Å². The molecule has 0 aliphatic rings. The standard InChI is InChI=1S/C12H14FN3O/c1-7-4-8(2)16(15-7)11-6-12(17-3)10(14)5-9(11)13/h4-6H,14H2,1-3H3. The normalized spacial score (nSPS) is 10.6. The first-order valence-corrected chi connectivity index (χ1v) is 5.19. The lowest BCUT2D eigenvalue weighted by molar-refractivity contribution is 0.415. The summed E-state index contributed by atoms with van der Waals surface area (Å²) in [7, 11) is 1.49. The average Bonchev–Trinajstić information content (AvgIpc) is 2.58. The lowest BCUT2D eigenvalue weighted by atomic mass is 10.2. The van der Waals surface area contributed by atoms with E-state index in [1.165, 1.54) is 17.9 Å². The Hall–Kier alpha value is -2.04. The van der Waals surface area contributed by atoms with Crippen LogP contribution in [0.5, 0.6) is 5.75 Å². The first-order valence-electron chi connectivity index (χ1n) is 5.19. The number of ether oxygens (including phenoxy) is 1. The van der Waals surface area contributed by atoms with E-state index < -0.39 is 5.82 Å². The van der Waals surface area contributed by atoms with E-state index in [1.807, 2.05) is 19.9 Å². The number of aromatic nitrogens is 2. The molecule has 0 bridgehead atoms. The molecule has 2 N–H and O–H groups in total. The molecule has 4 nitrogen and oxygen atoms in total. The number of nitrogen functional groups attached to an aromatic ring is 1. The van der Waals surface area contributed by atoms with E-state index in [0.29, 0.717) is 11.4 Å². The number of anilines is 1. The number of rotatable bonds is 2. The minimum Gasteiger partial charge on any atom is -0.495 e. The number of nitrogens with two attached hydrogens (primary N) is 1. The SMILES string of the molecule is COc1cc(-n2nc(C)cc2C)c(F)cc1N. The van der Waals surface area contributed by atoms with Gasteiger partial charge in [0.2, 0.25) is 0 Å². The predicted molar refractivity (Wildman–Crippen MR) is 64.0 cm³/mol. The van der Waals surface area contributed by atoms with E-state index in [4.69, 9.17) is 10.5 Å². The summed E-state index contributed by atoms with van der Waals surface area (Å²) >= 11 is 0. The molecule has 0 radical (unpaired) electrons. The van der Waals surface area contributed by atoms with Crippen LogP contribution in [0.25, 0.3) is 5.69 Å². The molecule has 0 spiro atoms. The van der Waals surface area contributed by atoms with Crippen LogP contribution in [-0.2, 0) is 0 Å². The van der Waals surface area contributed by atoms with Gasteiger partial charge in [0.05, 0.1) is 18.5 Å². The topological polar surface area (TPSA) is 53.1 Å². The largest absolute Gasteiger partial charge is 0.495 e. The summed E-state index contributed by atoms with van der Waals surface area (Å²) in [6, 6.07) is 4.66. The number of methoxy groups -OCH3 is 1. The second-order valence-corrected chi connectivity index (χ2v) is 3.88. The van der Waals surface area contributed by atoms with Gasteiger partial charge in [0.15, 0.2) is 5.82 Å². The highest BCUT2D eigenvalue weighted by atomic mass is 19.1. The Morgan fingerprint density at radius 3 is 2.53 bits per heavy atom. The maximum Gasteiger partial charge on any atom is 0.151 e. The van der Waals surface area contributed by atoms with Crippen molar-refractivity contribution in [2.75, 3.05) is 12.8 Å². The van der Waals surface area contributed by atoms with Crippen molar-refractivity contribution in [3.8, 4) is 11.4 Å². The molecule has 0 aliphatic carbocycles. The lowest BCUT2D eigenvalue weighted by Crippen LogP contribution is -2.04. The van der Waals surface area contributed by atoms with Gasteiger partial charge in [-0.15, -0.1) is 0 Å². The maximum absolute atomic E-state index is 13.8. The molecule has 0 saturated heterocycles. The summed E-state index contributed by atoms with van der Waals surface area (Å²) in [6.07, 6.45) is 0. The molecule has 1 aromatic carbocycles. The van der Waals surface area contributed by atoms with Gasteiger partial charge in [-0.3, -0.25) is 0 Å². The highest BCUT2D eigenvalue weighted by molar-refractivity contribution is 5.58. The van der Waals surface area contributed by atoms with Crippen LogP contribution in [-0.4, -0.2) is 16.9 Å². The van der Waals surface area contributed by atoms with Gasteiger partial charge in [0.25, 0.3) is 0 Å². The van der Waals surface area contributed by atoms with Crippen LogP contribution in [0.2, 0.25) is 0 Å². The van der Waals surface area contributed by atoms with E-state index in [2.05, 4.69) is 5.10 Å². The molecule has 5 heteroatoms. The van der Waals surface area contributed by atoms with Gasteiger partial charge in [-0.25, -0.2) is 9.07 Å². The molecular weight excluding hydrogens is 221 g/mol. The number of hydrogen-bond donors (Lipinski definition) is 1. The van der Waals surface area contributed by atoms with Crippen molar-refractivity contribution in [1.82, 2.24) is 9.78 Å². The van der Waals surface area contributed by atoms with Crippen molar-refractivity contribution in [2.24, 2.45) is 0 Å². The zero-order valence-corrected chi connectivity index (χ0v) is 9.99. The van der Waals surface area contributed by atoms with Crippen LogP contribution >= 0.6 is 0 Å². The molecule has 0 unspecified atom stereocenters. The Labute approximate surface area is 98.8 Å². The molecule has 90 valence electrons. The van der Waals surface area contributed by atoms with Crippen LogP contribution < -0.4 is 10.5 Å². The molecule has 0 saturated carbocycles. The fourth-order valence-electron chi connectivity index (χ4n) is 1.77. The summed E-state index contributed by atoms with van der Waals surface area (Å²) in [5.41, 5.74) is 7.92. The molecule has 0 aliphatic heterocycles. The van der Waals surface area contributed by atoms with Crippen LogP contribution in [0.15, 0.2) is 18.2 Å². The molecule has 1 aromatic heterocycles. The van der Waals surface area contributed by atoms with E-state index in [1.54, 1.807) is 6.07 Å². The Morgan fingerprint density at radius 1 is 1.29 bits per heavy atom. The summed E-state index contributed by atoms with van der Waals surface area (Å²) in [4.78, 5) is 0. The third-order valence-electron chi connectivity index (χ3n) is 2.54. The van der Waals surface area contributed by atoms with E-state index in [-0.39, 0.29) is 5.69 Å². The molecule has 0 amide bonds. The smallest absolute Gasteiger partial charge is 0.151 e. The molecule has 2 rings (SSSR count). The third kappa shape index (κ3) is 1.95. The van der Waals surface area contributed by atoms with Crippen LogP contribution in [0.1, 0.15) is 11.4 Å². The summed E-state index contributed by atoms with van der Waals surface area (Å²) in [6.45, 7) is 3.72. The lowest BCUT2D eigenvalue weighted by Gasteiger charge is -2.10. The molecule has 0 atom stereocenters. The Kier molecular flexibility index (Phi) is 2.75. The summed E-state index contributed by atoms with van der Waals surface area (Å²) < 4.78 is 20.5. The highest BCUT2D eigenvalue weighted by Crippen LogP contribution is 2.27. The molecular formula is C12H14FN3O. The molecule has 17 heavy (non-hydrogen) atoms. The van der Waals surface area contributed by atoms with Crippen molar-refractivity contribution in [2.45, 2.75) is 13.8 Å². The summed E-state index contributed by atoms with van der Waals surface area (Å²) in [5.74, 6) is 0.0171. The van der Waals surface area contributed by atoms with Crippen molar-refractivity contribution in [3.63, 3.8) is 0 Å². The highest BCUT2D eigenvalue weighted by Gasteiger charge is 2.12. The number of hydrogen-bond acceptors (Lipinski definition) is 3. The molecule has 1 heterocycles. The van der Waals surface area contributed by atoms with E-state index in [9.17, 15) is 4.39 Å². The number of aryl methyl sites for hydroxylation is 2. The average molecular weight is 235 g/mol. The van der Waals surface area contributed by atoms with Crippen LogP contribution in [0.4, 0.5) is 10.1 Å². The van der Waals surface area contributed by atoms with E-state index in [0.717, 1.165) is 11.4 Å². The van der Waals surface area contributed by atoms with Gasteiger partial charge >= 0.3 is 0 Å². The fraction of sp³-hybridized carbons (Fsp3) is 0.250. The Morgan fingerprint density at radius 2 is 2.00 bits per heavy atom. The first kappa shape index (κ1) is 11.4. The number of benzene rings is 1. The minimum absolute atomic E-state index is 0.273. The van der Waals surface area contributed by atoms with Crippen molar-refractivity contribution >= 4 is 5.69 Å². The summed E-state index contributed by atoms with van der Waals surface area (Å²) in [5, 5.41) is 4.23. The van der Waals surface area contributed by atoms with Crippen LogP contribution in [0.3, 0.4) is 0 Å². The number of halogens is 1. The fourth-order valence-corrected chi connectivity index (χ4v) is 1.77. The van der Waals surface area contributed by atoms with Gasteiger partial charge in [0.1, 0.15) is 11.4 Å². The van der Waals surface area contributed by atoms with Gasteiger partial charge < -0.3 is 10.5 Å². The molecule has 2 aromatic rings.